The molecule has 0 radical (unpaired) electrons. The van der Waals surface area contributed by atoms with Gasteiger partial charge < -0.3 is 15.1 Å². The molecule has 0 spiro atoms. The molecule has 25 heavy (non-hydrogen) atoms. The quantitative estimate of drug-likeness (QED) is 0.795. The number of nitrogens with one attached hydrogen (secondary N) is 1. The first-order valence-corrected chi connectivity index (χ1v) is 8.56. The Hall–Kier alpha value is -2.86. The first-order chi connectivity index (χ1) is 12.3. The average molecular weight is 334 g/mol. The predicted molar refractivity (Wildman–Crippen MR) is 101 cm³/mol. The lowest BCUT2D eigenvalue weighted by Gasteiger charge is -2.34. The Kier molecular flexibility index (Phi) is 4.35. The molecule has 1 aliphatic rings. The molecule has 1 fully saturated rings. The molecule has 1 aromatic heterocycles. The highest BCUT2D eigenvalue weighted by molar-refractivity contribution is 5.62. The molecule has 1 N–H and O–H groups in total. The van der Waals surface area contributed by atoms with E-state index in [-0.39, 0.29) is 0 Å². The average Bonchev–Trinajstić information content (AvgIpc) is 3.12. The van der Waals surface area contributed by atoms with E-state index in [1.165, 1.54) is 5.69 Å². The number of hydrogen-bond acceptors (Lipinski definition) is 5. The summed E-state index contributed by atoms with van der Waals surface area (Å²) in [6, 6.07) is 18.4. The largest absolute Gasteiger partial charge is 0.369 e. The number of hydrogen-bond donors (Lipinski definition) is 1. The molecular formula is C19H22N6. The summed E-state index contributed by atoms with van der Waals surface area (Å²) in [5.41, 5.74) is 3.23. The molecule has 0 amide bonds. The Morgan fingerprint density at radius 3 is 2.44 bits per heavy atom. The van der Waals surface area contributed by atoms with Crippen molar-refractivity contribution in [2.75, 3.05) is 43.4 Å². The summed E-state index contributed by atoms with van der Waals surface area (Å²) in [6.07, 6.45) is 1.72. The molecule has 0 bridgehead atoms. The van der Waals surface area contributed by atoms with Crippen molar-refractivity contribution in [3.05, 3.63) is 60.9 Å². The third-order valence-corrected chi connectivity index (χ3v) is 4.48. The monoisotopic (exact) mass is 334 g/mol. The lowest BCUT2D eigenvalue weighted by atomic mass is 10.2. The summed E-state index contributed by atoms with van der Waals surface area (Å²) in [4.78, 5) is 9.14. The van der Waals surface area contributed by atoms with Gasteiger partial charge in [-0.25, -0.2) is 4.68 Å². The molecule has 1 saturated heterocycles. The molecule has 2 heterocycles. The van der Waals surface area contributed by atoms with Crippen molar-refractivity contribution < 1.29 is 0 Å². The summed E-state index contributed by atoms with van der Waals surface area (Å²) in [7, 11) is 2.17. The zero-order valence-electron chi connectivity index (χ0n) is 14.3. The smallest absolute Gasteiger partial charge is 0.246 e. The van der Waals surface area contributed by atoms with Gasteiger partial charge in [-0.05, 0) is 37.4 Å². The van der Waals surface area contributed by atoms with Crippen molar-refractivity contribution in [3.8, 4) is 5.69 Å². The Morgan fingerprint density at radius 1 is 0.880 bits per heavy atom. The fourth-order valence-electron chi connectivity index (χ4n) is 3.00. The molecule has 0 aliphatic carbocycles. The number of likely N-dealkylation sites (N-methyl/N-ethyl adjacent to an activating group) is 1. The van der Waals surface area contributed by atoms with E-state index < -0.39 is 0 Å². The lowest BCUT2D eigenvalue weighted by molar-refractivity contribution is 0.313. The Morgan fingerprint density at radius 2 is 1.64 bits per heavy atom. The van der Waals surface area contributed by atoms with E-state index in [1.54, 1.807) is 11.0 Å². The minimum absolute atomic E-state index is 0.597. The van der Waals surface area contributed by atoms with Crippen LogP contribution in [0.3, 0.4) is 0 Å². The second kappa shape index (κ2) is 6.94. The van der Waals surface area contributed by atoms with Crippen LogP contribution < -0.4 is 10.2 Å². The summed E-state index contributed by atoms with van der Waals surface area (Å²) in [6.45, 7) is 4.31. The Labute approximate surface area is 147 Å². The zero-order valence-corrected chi connectivity index (χ0v) is 14.3. The third-order valence-electron chi connectivity index (χ3n) is 4.48. The second-order valence-corrected chi connectivity index (χ2v) is 6.31. The molecule has 128 valence electrons. The standard InChI is InChI=1S/C19H22N6/c1-23-10-12-24(13-11-23)18-9-5-6-16(14-18)21-19-20-15-25(22-19)17-7-3-2-4-8-17/h2-9,14-15H,10-13H2,1H3,(H,21,22). The van der Waals surface area contributed by atoms with Crippen LogP contribution in [-0.4, -0.2) is 52.9 Å². The summed E-state index contributed by atoms with van der Waals surface area (Å²) < 4.78 is 1.77. The van der Waals surface area contributed by atoms with E-state index in [9.17, 15) is 0 Å². The van der Waals surface area contributed by atoms with Gasteiger partial charge in [0.05, 0.1) is 5.69 Å². The fraction of sp³-hybridized carbons (Fsp3) is 0.263. The van der Waals surface area contributed by atoms with Crippen molar-refractivity contribution in [2.45, 2.75) is 0 Å². The number of benzene rings is 2. The topological polar surface area (TPSA) is 49.2 Å². The van der Waals surface area contributed by atoms with E-state index >= 15 is 0 Å². The molecule has 0 saturated carbocycles. The van der Waals surface area contributed by atoms with E-state index in [0.29, 0.717) is 5.95 Å². The van der Waals surface area contributed by atoms with Crippen molar-refractivity contribution in [1.29, 1.82) is 0 Å². The number of aromatic nitrogens is 3. The van der Waals surface area contributed by atoms with Crippen LogP contribution in [0.15, 0.2) is 60.9 Å². The van der Waals surface area contributed by atoms with Gasteiger partial charge in [-0.15, -0.1) is 5.10 Å². The van der Waals surface area contributed by atoms with Crippen molar-refractivity contribution in [3.63, 3.8) is 0 Å². The molecule has 6 nitrogen and oxygen atoms in total. The predicted octanol–water partition coefficient (Wildman–Crippen LogP) is 2.76. The summed E-state index contributed by atoms with van der Waals surface area (Å²) in [5.74, 6) is 0.597. The second-order valence-electron chi connectivity index (χ2n) is 6.31. The zero-order chi connectivity index (χ0) is 17.1. The van der Waals surface area contributed by atoms with Gasteiger partial charge in [0, 0.05) is 37.6 Å². The number of anilines is 3. The van der Waals surface area contributed by atoms with Crippen LogP contribution in [0.5, 0.6) is 0 Å². The van der Waals surface area contributed by atoms with Crippen LogP contribution >= 0.6 is 0 Å². The van der Waals surface area contributed by atoms with E-state index in [0.717, 1.165) is 37.6 Å². The molecule has 2 aromatic carbocycles. The Balaban J connectivity index is 1.48. The van der Waals surface area contributed by atoms with E-state index in [4.69, 9.17) is 0 Å². The van der Waals surface area contributed by atoms with Crippen molar-refractivity contribution >= 4 is 17.3 Å². The van der Waals surface area contributed by atoms with Gasteiger partial charge in [0.25, 0.3) is 0 Å². The molecule has 0 unspecified atom stereocenters. The molecule has 3 aromatic rings. The highest BCUT2D eigenvalue weighted by Crippen LogP contribution is 2.22. The highest BCUT2D eigenvalue weighted by atomic mass is 15.4. The number of piperazine rings is 1. The van der Waals surface area contributed by atoms with Gasteiger partial charge in [-0.1, -0.05) is 24.3 Å². The maximum atomic E-state index is 4.50. The van der Waals surface area contributed by atoms with Gasteiger partial charge in [-0.3, -0.25) is 0 Å². The van der Waals surface area contributed by atoms with Gasteiger partial charge in [0.15, 0.2) is 0 Å². The third kappa shape index (κ3) is 3.64. The SMILES string of the molecule is CN1CCN(c2cccc(Nc3ncn(-c4ccccc4)n3)c2)CC1. The molecule has 6 heteroatoms. The van der Waals surface area contributed by atoms with Crippen molar-refractivity contribution in [1.82, 2.24) is 19.7 Å². The minimum atomic E-state index is 0.597. The van der Waals surface area contributed by atoms with Gasteiger partial charge >= 0.3 is 0 Å². The summed E-state index contributed by atoms with van der Waals surface area (Å²) in [5, 5.41) is 7.80. The molecule has 1 aliphatic heterocycles. The van der Waals surface area contributed by atoms with Gasteiger partial charge in [-0.2, -0.15) is 4.98 Å². The number of nitrogens with zero attached hydrogens (tertiary/aromatic N) is 5. The minimum Gasteiger partial charge on any atom is -0.369 e. The van der Waals surface area contributed by atoms with E-state index in [2.05, 4.69) is 50.4 Å². The molecule has 4 rings (SSSR count). The number of rotatable bonds is 4. The molecule has 0 atom stereocenters. The van der Waals surface area contributed by atoms with Crippen LogP contribution in [0, 0.1) is 0 Å². The lowest BCUT2D eigenvalue weighted by Crippen LogP contribution is -2.44. The maximum absolute atomic E-state index is 4.50. The van der Waals surface area contributed by atoms with Gasteiger partial charge in [0.2, 0.25) is 5.95 Å². The Bertz CT molecular complexity index is 821. The highest BCUT2D eigenvalue weighted by Gasteiger charge is 2.14. The van der Waals surface area contributed by atoms with E-state index in [1.807, 2.05) is 36.4 Å². The van der Waals surface area contributed by atoms with Crippen LogP contribution in [-0.2, 0) is 0 Å². The molecular weight excluding hydrogens is 312 g/mol. The van der Waals surface area contributed by atoms with Crippen LogP contribution in [0.4, 0.5) is 17.3 Å². The fourth-order valence-corrected chi connectivity index (χ4v) is 3.00. The van der Waals surface area contributed by atoms with Crippen LogP contribution in [0.25, 0.3) is 5.69 Å². The first-order valence-electron chi connectivity index (χ1n) is 8.56. The van der Waals surface area contributed by atoms with Crippen molar-refractivity contribution in [2.24, 2.45) is 0 Å². The number of para-hydroxylation sites is 1. The van der Waals surface area contributed by atoms with Crippen LogP contribution in [0.2, 0.25) is 0 Å². The normalized spacial score (nSPS) is 15.3. The summed E-state index contributed by atoms with van der Waals surface area (Å²) >= 11 is 0. The van der Waals surface area contributed by atoms with Gasteiger partial charge in [0.1, 0.15) is 6.33 Å². The first kappa shape index (κ1) is 15.7. The van der Waals surface area contributed by atoms with Crippen LogP contribution in [0.1, 0.15) is 0 Å². The maximum Gasteiger partial charge on any atom is 0.246 e.